The van der Waals surface area contributed by atoms with E-state index in [9.17, 15) is 0 Å². The van der Waals surface area contributed by atoms with E-state index < -0.39 is 0 Å². The summed E-state index contributed by atoms with van der Waals surface area (Å²) in [6.45, 7) is 4.63. The molecule has 0 atom stereocenters. The lowest BCUT2D eigenvalue weighted by molar-refractivity contribution is 1.13. The molecule has 2 heteroatoms. The second kappa shape index (κ2) is 3.76. The molecule has 0 aliphatic carbocycles. The molecule has 1 aromatic rings. The number of hydrogen-bond acceptors (Lipinski definition) is 1. The summed E-state index contributed by atoms with van der Waals surface area (Å²) in [5.41, 5.74) is 1.28. The van der Waals surface area contributed by atoms with Crippen LogP contribution in [0.2, 0.25) is 13.1 Å². The van der Waals surface area contributed by atoms with Gasteiger partial charge in [-0.25, -0.2) is 0 Å². The van der Waals surface area contributed by atoms with Crippen molar-refractivity contribution in [1.82, 2.24) is 0 Å². The van der Waals surface area contributed by atoms with E-state index in [1.807, 2.05) is 0 Å². The van der Waals surface area contributed by atoms with Crippen molar-refractivity contribution in [3.63, 3.8) is 0 Å². The van der Waals surface area contributed by atoms with Crippen molar-refractivity contribution in [1.29, 1.82) is 0 Å². The zero-order valence-corrected chi connectivity index (χ0v) is 9.26. The number of rotatable bonds is 2. The molecule has 66 valence electrons. The molecule has 0 amide bonds. The minimum absolute atomic E-state index is 0.273. The van der Waals surface area contributed by atoms with Crippen molar-refractivity contribution < 1.29 is 0 Å². The van der Waals surface area contributed by atoms with Gasteiger partial charge in [0.1, 0.15) is 0 Å². The standard InChI is InChI=1S/C10H16NSi/c1-11(2)9-5-7-10(8-6-9)12(3)4/h5-8H,1-4H3/q-1. The summed E-state index contributed by atoms with van der Waals surface area (Å²) in [6, 6.07) is 8.85. The Labute approximate surface area is 76.6 Å². The molecular formula is C10H16NSi-. The molecule has 1 aromatic carbocycles. The fraction of sp³-hybridized carbons (Fsp3) is 0.400. The molecule has 0 aliphatic rings. The van der Waals surface area contributed by atoms with Gasteiger partial charge in [0.15, 0.2) is 0 Å². The fourth-order valence-electron chi connectivity index (χ4n) is 1.09. The number of anilines is 1. The van der Waals surface area contributed by atoms with Crippen LogP contribution in [0.1, 0.15) is 0 Å². The third-order valence-corrected chi connectivity index (χ3v) is 3.45. The first-order chi connectivity index (χ1) is 5.61. The molecule has 12 heavy (non-hydrogen) atoms. The van der Waals surface area contributed by atoms with E-state index in [-0.39, 0.29) is 8.80 Å². The largest absolute Gasteiger partial charge is 0.378 e. The van der Waals surface area contributed by atoms with Gasteiger partial charge in [0.05, 0.1) is 0 Å². The summed E-state index contributed by atoms with van der Waals surface area (Å²) in [6.07, 6.45) is 0. The first-order valence-electron chi connectivity index (χ1n) is 4.19. The lowest BCUT2D eigenvalue weighted by atomic mass is 10.3. The smallest absolute Gasteiger partial charge is 0.0359 e. The minimum Gasteiger partial charge on any atom is -0.378 e. The molecule has 0 N–H and O–H groups in total. The van der Waals surface area contributed by atoms with Gasteiger partial charge in [0.25, 0.3) is 0 Å². The maximum atomic E-state index is 2.31. The average molecular weight is 178 g/mol. The van der Waals surface area contributed by atoms with Gasteiger partial charge in [0, 0.05) is 19.8 Å². The second-order valence-corrected chi connectivity index (χ2v) is 6.02. The highest BCUT2D eigenvalue weighted by molar-refractivity contribution is 6.70. The van der Waals surface area contributed by atoms with Gasteiger partial charge >= 0.3 is 0 Å². The Morgan fingerprint density at radius 3 is 1.83 bits per heavy atom. The summed E-state index contributed by atoms with van der Waals surface area (Å²) in [7, 11) is 3.86. The lowest BCUT2D eigenvalue weighted by Crippen LogP contribution is -2.22. The van der Waals surface area contributed by atoms with Gasteiger partial charge in [-0.3, -0.25) is 8.80 Å². The van der Waals surface area contributed by atoms with Crippen LogP contribution in [-0.4, -0.2) is 22.9 Å². The molecule has 1 nitrogen and oxygen atoms in total. The van der Waals surface area contributed by atoms with Crippen LogP contribution in [0.15, 0.2) is 24.3 Å². The summed E-state index contributed by atoms with van der Waals surface area (Å²) >= 11 is 0. The SMILES string of the molecule is CN(C)c1ccc([Si-](C)C)cc1. The monoisotopic (exact) mass is 178 g/mol. The van der Waals surface area contributed by atoms with Gasteiger partial charge in [-0.15, -0.1) is 0 Å². The van der Waals surface area contributed by atoms with Crippen molar-refractivity contribution in [2.45, 2.75) is 13.1 Å². The third kappa shape index (κ3) is 2.11. The Bertz CT molecular complexity index is 212. The predicted molar refractivity (Wildman–Crippen MR) is 57.9 cm³/mol. The first kappa shape index (κ1) is 9.33. The quantitative estimate of drug-likeness (QED) is 0.623. The van der Waals surface area contributed by atoms with Gasteiger partial charge in [-0.1, -0.05) is 12.1 Å². The van der Waals surface area contributed by atoms with Crippen LogP contribution in [0, 0.1) is 0 Å². The van der Waals surface area contributed by atoms with Gasteiger partial charge in [0.2, 0.25) is 0 Å². The van der Waals surface area contributed by atoms with Crippen molar-refractivity contribution in [3.8, 4) is 0 Å². The molecule has 0 radical (unpaired) electrons. The topological polar surface area (TPSA) is 3.24 Å². The minimum atomic E-state index is -0.273. The van der Waals surface area contributed by atoms with Gasteiger partial charge in [-0.05, 0) is 12.1 Å². The van der Waals surface area contributed by atoms with E-state index in [1.165, 1.54) is 10.9 Å². The maximum absolute atomic E-state index is 2.31. The Hall–Kier alpha value is -0.763. The van der Waals surface area contributed by atoms with E-state index in [1.54, 1.807) is 0 Å². The number of benzene rings is 1. The van der Waals surface area contributed by atoms with Crippen molar-refractivity contribution in [3.05, 3.63) is 24.3 Å². The highest BCUT2D eigenvalue weighted by Gasteiger charge is 1.91. The maximum Gasteiger partial charge on any atom is 0.0359 e. The Balaban J connectivity index is 2.86. The van der Waals surface area contributed by atoms with Crippen molar-refractivity contribution in [2.24, 2.45) is 0 Å². The van der Waals surface area contributed by atoms with Crippen LogP contribution in [0.4, 0.5) is 5.69 Å². The van der Waals surface area contributed by atoms with Crippen molar-refractivity contribution in [2.75, 3.05) is 19.0 Å². The van der Waals surface area contributed by atoms with Crippen LogP contribution in [0.5, 0.6) is 0 Å². The third-order valence-electron chi connectivity index (χ3n) is 1.96. The molecule has 1 rings (SSSR count). The Kier molecular flexibility index (Phi) is 2.92. The van der Waals surface area contributed by atoms with Crippen LogP contribution in [0.25, 0.3) is 0 Å². The predicted octanol–water partition coefficient (Wildman–Crippen LogP) is 1.71. The normalized spacial score (nSPS) is 9.67. The first-order valence-corrected chi connectivity index (χ1v) is 6.69. The van der Waals surface area contributed by atoms with E-state index in [0.717, 1.165) is 0 Å². The molecule has 0 saturated carbocycles. The number of hydrogen-bond donors (Lipinski definition) is 0. The van der Waals surface area contributed by atoms with Gasteiger partial charge < -0.3 is 4.90 Å². The fourth-order valence-corrected chi connectivity index (χ4v) is 1.93. The number of nitrogens with zero attached hydrogens (tertiary/aromatic N) is 1. The molecule has 0 aliphatic heterocycles. The van der Waals surface area contributed by atoms with Crippen LogP contribution in [0.3, 0.4) is 0 Å². The van der Waals surface area contributed by atoms with Crippen LogP contribution in [-0.2, 0) is 0 Å². The van der Waals surface area contributed by atoms with Crippen LogP contribution < -0.4 is 10.1 Å². The molecule has 0 aromatic heterocycles. The summed E-state index contributed by atoms with van der Waals surface area (Å²) in [5.74, 6) is 0. The van der Waals surface area contributed by atoms with E-state index in [4.69, 9.17) is 0 Å². The highest BCUT2D eigenvalue weighted by Crippen LogP contribution is 2.07. The van der Waals surface area contributed by atoms with Crippen molar-refractivity contribution >= 4 is 19.7 Å². The molecule has 0 fully saturated rings. The summed E-state index contributed by atoms with van der Waals surface area (Å²) in [5, 5.41) is 1.51. The lowest BCUT2D eigenvalue weighted by Gasteiger charge is -2.20. The molecule has 0 saturated heterocycles. The second-order valence-electron chi connectivity index (χ2n) is 3.44. The summed E-state index contributed by atoms with van der Waals surface area (Å²) in [4.78, 5) is 2.13. The molecule has 0 spiro atoms. The molecule has 0 heterocycles. The zero-order valence-electron chi connectivity index (χ0n) is 8.26. The Morgan fingerprint density at radius 1 is 1.00 bits per heavy atom. The van der Waals surface area contributed by atoms with E-state index in [0.29, 0.717) is 0 Å². The zero-order chi connectivity index (χ0) is 9.14. The Morgan fingerprint density at radius 2 is 1.50 bits per heavy atom. The average Bonchev–Trinajstić information content (AvgIpc) is 2.04. The van der Waals surface area contributed by atoms with Crippen LogP contribution >= 0.6 is 0 Å². The van der Waals surface area contributed by atoms with Gasteiger partial charge in [-0.2, -0.15) is 18.3 Å². The highest BCUT2D eigenvalue weighted by atomic mass is 28.3. The van der Waals surface area contributed by atoms with E-state index in [2.05, 4.69) is 56.4 Å². The molecular weight excluding hydrogens is 162 g/mol. The summed E-state index contributed by atoms with van der Waals surface area (Å²) < 4.78 is 0. The molecule has 0 bridgehead atoms. The molecule has 0 unspecified atom stereocenters. The van der Waals surface area contributed by atoms with E-state index >= 15 is 0 Å².